The molecule has 19 heavy (non-hydrogen) atoms. The fourth-order valence-corrected chi connectivity index (χ4v) is 2.79. The Morgan fingerprint density at radius 2 is 2.05 bits per heavy atom. The second-order valence-corrected chi connectivity index (χ2v) is 6.42. The summed E-state index contributed by atoms with van der Waals surface area (Å²) in [5, 5.41) is 0. The molecule has 106 valence electrons. The number of nitrogens with zero attached hydrogens (tertiary/aromatic N) is 1. The molecule has 7 heteroatoms. The van der Waals surface area contributed by atoms with Crippen molar-refractivity contribution in [3.8, 4) is 0 Å². The van der Waals surface area contributed by atoms with Crippen molar-refractivity contribution in [1.82, 2.24) is 0 Å². The van der Waals surface area contributed by atoms with Gasteiger partial charge in [-0.1, -0.05) is 24.4 Å². The molecule has 1 aromatic carbocycles. The van der Waals surface area contributed by atoms with Crippen molar-refractivity contribution in [3.63, 3.8) is 0 Å². The van der Waals surface area contributed by atoms with Gasteiger partial charge in [-0.05, 0) is 19.1 Å². The Kier molecular flexibility index (Phi) is 5.71. The molecule has 1 rings (SSSR count). The van der Waals surface area contributed by atoms with Crippen LogP contribution in [0.2, 0.25) is 0 Å². The van der Waals surface area contributed by atoms with E-state index in [1.807, 2.05) is 6.92 Å². The van der Waals surface area contributed by atoms with Crippen LogP contribution >= 0.6 is 12.2 Å². The van der Waals surface area contributed by atoms with Crippen LogP contribution in [0.4, 0.5) is 5.69 Å². The third-order valence-electron chi connectivity index (χ3n) is 2.62. The fraction of sp³-hybridized carbons (Fsp3) is 0.417. The van der Waals surface area contributed by atoms with E-state index in [2.05, 4.69) is 0 Å². The van der Waals surface area contributed by atoms with Crippen LogP contribution in [0.5, 0.6) is 0 Å². The minimum Gasteiger partial charge on any atom is -0.389 e. The van der Waals surface area contributed by atoms with E-state index in [4.69, 9.17) is 22.7 Å². The van der Waals surface area contributed by atoms with Gasteiger partial charge in [-0.15, -0.1) is 0 Å². The van der Waals surface area contributed by atoms with Crippen LogP contribution in [0, 0.1) is 0 Å². The first-order valence-corrected chi connectivity index (χ1v) is 7.85. The Hall–Kier alpha value is -1.18. The summed E-state index contributed by atoms with van der Waals surface area (Å²) in [5.74, 6) is -0.0803. The van der Waals surface area contributed by atoms with Gasteiger partial charge in [0, 0.05) is 19.2 Å². The van der Waals surface area contributed by atoms with Gasteiger partial charge in [-0.3, -0.25) is 4.31 Å². The van der Waals surface area contributed by atoms with Gasteiger partial charge in [-0.25, -0.2) is 8.42 Å². The average Bonchev–Trinajstić information content (AvgIpc) is 2.38. The van der Waals surface area contributed by atoms with Gasteiger partial charge in [-0.2, -0.15) is 0 Å². The maximum absolute atomic E-state index is 12.1. The number of hydrogen-bond acceptors (Lipinski definition) is 4. The Bertz CT molecular complexity index is 544. The summed E-state index contributed by atoms with van der Waals surface area (Å²) in [4.78, 5) is 0.169. The summed E-state index contributed by atoms with van der Waals surface area (Å²) in [6.07, 6.45) is 0. The molecule has 0 bridgehead atoms. The second-order valence-electron chi connectivity index (χ2n) is 3.86. The molecule has 0 aliphatic heterocycles. The predicted octanol–water partition coefficient (Wildman–Crippen LogP) is 1.12. The van der Waals surface area contributed by atoms with Crippen LogP contribution in [0.3, 0.4) is 0 Å². The molecule has 0 aliphatic carbocycles. The number of anilines is 1. The summed E-state index contributed by atoms with van der Waals surface area (Å²) < 4.78 is 30.6. The second kappa shape index (κ2) is 6.83. The van der Waals surface area contributed by atoms with Gasteiger partial charge in [0.1, 0.15) is 4.99 Å². The molecule has 1 aromatic rings. The van der Waals surface area contributed by atoms with Crippen LogP contribution in [0.15, 0.2) is 24.3 Å². The van der Waals surface area contributed by atoms with Crippen molar-refractivity contribution >= 4 is 32.9 Å². The first kappa shape index (κ1) is 15.9. The number of hydrogen-bond donors (Lipinski definition) is 1. The van der Waals surface area contributed by atoms with E-state index >= 15 is 0 Å². The highest BCUT2D eigenvalue weighted by Crippen LogP contribution is 2.21. The van der Waals surface area contributed by atoms with Crippen LogP contribution in [-0.2, 0) is 14.8 Å². The fourth-order valence-electron chi connectivity index (χ4n) is 1.55. The molecule has 0 spiro atoms. The first-order valence-electron chi connectivity index (χ1n) is 5.83. The maximum Gasteiger partial charge on any atom is 0.237 e. The summed E-state index contributed by atoms with van der Waals surface area (Å²) in [6.45, 7) is 2.47. The number of rotatable bonds is 7. The van der Waals surface area contributed by atoms with Crippen LogP contribution < -0.4 is 10.0 Å². The normalized spacial score (nSPS) is 11.3. The minimum absolute atomic E-state index is 0.0803. The molecule has 0 radical (unpaired) electrons. The van der Waals surface area contributed by atoms with Crippen molar-refractivity contribution in [2.75, 3.05) is 30.3 Å². The first-order chi connectivity index (χ1) is 8.90. The number of benzene rings is 1. The number of sulfonamides is 1. The highest BCUT2D eigenvalue weighted by Gasteiger charge is 2.21. The highest BCUT2D eigenvalue weighted by atomic mass is 32.2. The number of nitrogens with two attached hydrogens (primary N) is 1. The van der Waals surface area contributed by atoms with E-state index in [0.29, 0.717) is 17.9 Å². The molecule has 0 atom stereocenters. The van der Waals surface area contributed by atoms with E-state index in [0.717, 1.165) is 0 Å². The third-order valence-corrected chi connectivity index (χ3v) is 4.55. The van der Waals surface area contributed by atoms with Crippen molar-refractivity contribution in [3.05, 3.63) is 29.8 Å². The highest BCUT2D eigenvalue weighted by molar-refractivity contribution is 7.92. The smallest absolute Gasteiger partial charge is 0.237 e. The molecule has 5 nitrogen and oxygen atoms in total. The summed E-state index contributed by atoms with van der Waals surface area (Å²) in [7, 11) is -1.96. The molecule has 0 saturated heterocycles. The monoisotopic (exact) mass is 302 g/mol. The number of ether oxygens (including phenoxy) is 1. The van der Waals surface area contributed by atoms with Crippen molar-refractivity contribution in [2.24, 2.45) is 5.73 Å². The summed E-state index contributed by atoms with van der Waals surface area (Å²) in [5.41, 5.74) is 6.62. The SMILES string of the molecule is CCOCCS(=O)(=O)N(C)c1ccccc1C(N)=S. The van der Waals surface area contributed by atoms with E-state index in [9.17, 15) is 8.42 Å². The van der Waals surface area contributed by atoms with Gasteiger partial charge < -0.3 is 10.5 Å². The number of thiocarbonyl (C=S) groups is 1. The van der Waals surface area contributed by atoms with Crippen LogP contribution in [0.25, 0.3) is 0 Å². The van der Waals surface area contributed by atoms with Gasteiger partial charge >= 0.3 is 0 Å². The lowest BCUT2D eigenvalue weighted by Gasteiger charge is -2.21. The third kappa shape index (κ3) is 4.15. The number of para-hydroxylation sites is 1. The minimum atomic E-state index is -3.45. The van der Waals surface area contributed by atoms with Crippen molar-refractivity contribution in [2.45, 2.75) is 6.92 Å². The van der Waals surface area contributed by atoms with Crippen LogP contribution in [0.1, 0.15) is 12.5 Å². The Morgan fingerprint density at radius 1 is 1.42 bits per heavy atom. The lowest BCUT2D eigenvalue weighted by Crippen LogP contribution is -2.32. The summed E-state index contributed by atoms with van der Waals surface area (Å²) in [6, 6.07) is 6.88. The zero-order valence-corrected chi connectivity index (χ0v) is 12.6. The molecule has 0 amide bonds. The standard InChI is InChI=1S/C12H18N2O3S2/c1-3-17-8-9-19(15,16)14(2)11-7-5-4-6-10(11)12(13)18/h4-7H,3,8-9H2,1-2H3,(H2,13,18). The lowest BCUT2D eigenvalue weighted by molar-refractivity contribution is 0.163. The van der Waals surface area contributed by atoms with E-state index in [1.165, 1.54) is 11.4 Å². The van der Waals surface area contributed by atoms with Gasteiger partial charge in [0.2, 0.25) is 10.0 Å². The maximum atomic E-state index is 12.1. The quantitative estimate of drug-likeness (QED) is 0.604. The largest absolute Gasteiger partial charge is 0.389 e. The molecule has 0 fully saturated rings. The molecule has 0 heterocycles. The molecule has 2 N–H and O–H groups in total. The van der Waals surface area contributed by atoms with Gasteiger partial charge in [0.05, 0.1) is 18.0 Å². The molecular weight excluding hydrogens is 284 g/mol. The molecule has 0 aliphatic rings. The zero-order valence-electron chi connectivity index (χ0n) is 11.0. The lowest BCUT2D eigenvalue weighted by atomic mass is 10.2. The Labute approximate surface area is 119 Å². The Balaban J connectivity index is 2.99. The zero-order chi connectivity index (χ0) is 14.5. The average molecular weight is 302 g/mol. The van der Waals surface area contributed by atoms with E-state index in [1.54, 1.807) is 24.3 Å². The van der Waals surface area contributed by atoms with E-state index < -0.39 is 10.0 Å². The van der Waals surface area contributed by atoms with Crippen molar-refractivity contribution < 1.29 is 13.2 Å². The van der Waals surface area contributed by atoms with Gasteiger partial charge in [0.25, 0.3) is 0 Å². The molecular formula is C12H18N2O3S2. The van der Waals surface area contributed by atoms with Crippen molar-refractivity contribution in [1.29, 1.82) is 0 Å². The topological polar surface area (TPSA) is 72.6 Å². The van der Waals surface area contributed by atoms with Gasteiger partial charge in [0.15, 0.2) is 0 Å². The molecule has 0 unspecified atom stereocenters. The van der Waals surface area contributed by atoms with E-state index in [-0.39, 0.29) is 17.3 Å². The summed E-state index contributed by atoms with van der Waals surface area (Å²) >= 11 is 4.93. The van der Waals surface area contributed by atoms with Crippen LogP contribution in [-0.4, -0.2) is 39.4 Å². The predicted molar refractivity (Wildman–Crippen MR) is 81.0 cm³/mol. The Morgan fingerprint density at radius 3 is 2.63 bits per heavy atom. The molecule has 0 saturated carbocycles. The molecule has 0 aromatic heterocycles.